The Labute approximate surface area is 78.3 Å². The molecular formula is C9H16N2O2. The maximum Gasteiger partial charge on any atom is 0.223 e. The zero-order valence-electron chi connectivity index (χ0n) is 8.63. The molecule has 0 atom stereocenters. The Morgan fingerprint density at radius 2 is 1.92 bits per heavy atom. The van der Waals surface area contributed by atoms with E-state index in [-0.39, 0.29) is 5.41 Å². The van der Waals surface area contributed by atoms with Crippen molar-refractivity contribution < 1.29 is 9.26 Å². The summed E-state index contributed by atoms with van der Waals surface area (Å²) in [7, 11) is 0. The average Bonchev–Trinajstić information content (AvgIpc) is 2.52. The van der Waals surface area contributed by atoms with Crippen LogP contribution in [-0.2, 0) is 10.2 Å². The van der Waals surface area contributed by atoms with E-state index in [9.17, 15) is 0 Å². The second-order valence-electron chi connectivity index (χ2n) is 3.19. The fourth-order valence-corrected chi connectivity index (χ4v) is 1.08. The third kappa shape index (κ3) is 1.88. The van der Waals surface area contributed by atoms with Gasteiger partial charge in [-0.25, -0.2) is 0 Å². The van der Waals surface area contributed by atoms with E-state index in [1.165, 1.54) is 0 Å². The topological polar surface area (TPSA) is 48.2 Å². The first-order valence-corrected chi connectivity index (χ1v) is 4.59. The standard InChI is InChI=1S/C7H10N2O2.C2H6/c1-5-8-6(9-11-5)7(2)3-10-4-7;1-2/h3-4H2,1-2H3;1-2H3. The Balaban J connectivity index is 0.000000396. The lowest BCUT2D eigenvalue weighted by Gasteiger charge is -2.34. The molecular weight excluding hydrogens is 168 g/mol. The maximum absolute atomic E-state index is 5.08. The van der Waals surface area contributed by atoms with Crippen LogP contribution in [0.4, 0.5) is 0 Å². The van der Waals surface area contributed by atoms with Gasteiger partial charge in [0.1, 0.15) is 0 Å². The monoisotopic (exact) mass is 184 g/mol. The quantitative estimate of drug-likeness (QED) is 0.666. The van der Waals surface area contributed by atoms with Crippen molar-refractivity contribution in [3.05, 3.63) is 11.7 Å². The van der Waals surface area contributed by atoms with Crippen LogP contribution in [0.15, 0.2) is 4.52 Å². The van der Waals surface area contributed by atoms with Gasteiger partial charge in [0.15, 0.2) is 5.82 Å². The van der Waals surface area contributed by atoms with Gasteiger partial charge in [-0.2, -0.15) is 4.98 Å². The SMILES string of the molecule is CC.Cc1nc(C2(C)COC2)no1. The lowest BCUT2D eigenvalue weighted by Crippen LogP contribution is -2.44. The molecule has 0 bridgehead atoms. The summed E-state index contributed by atoms with van der Waals surface area (Å²) in [5.74, 6) is 1.38. The van der Waals surface area contributed by atoms with E-state index in [4.69, 9.17) is 9.26 Å². The zero-order chi connectivity index (χ0) is 9.90. The van der Waals surface area contributed by atoms with E-state index < -0.39 is 0 Å². The smallest absolute Gasteiger partial charge is 0.223 e. The molecule has 1 aliphatic rings. The highest BCUT2D eigenvalue weighted by Crippen LogP contribution is 2.28. The molecule has 0 radical (unpaired) electrons. The summed E-state index contributed by atoms with van der Waals surface area (Å²) in [5.41, 5.74) is -0.00222. The second-order valence-corrected chi connectivity index (χ2v) is 3.19. The van der Waals surface area contributed by atoms with Crippen LogP contribution in [0, 0.1) is 6.92 Å². The highest BCUT2D eigenvalue weighted by atomic mass is 16.5. The van der Waals surface area contributed by atoms with Crippen molar-refractivity contribution >= 4 is 0 Å². The Morgan fingerprint density at radius 3 is 2.23 bits per heavy atom. The van der Waals surface area contributed by atoms with Crippen LogP contribution < -0.4 is 0 Å². The Kier molecular flexibility index (Phi) is 3.03. The van der Waals surface area contributed by atoms with Gasteiger partial charge in [0.2, 0.25) is 5.89 Å². The number of aryl methyl sites for hydroxylation is 1. The van der Waals surface area contributed by atoms with Gasteiger partial charge >= 0.3 is 0 Å². The minimum atomic E-state index is -0.00222. The molecule has 1 aromatic heterocycles. The largest absolute Gasteiger partial charge is 0.379 e. The third-order valence-corrected chi connectivity index (χ3v) is 1.91. The van der Waals surface area contributed by atoms with E-state index in [1.807, 2.05) is 13.8 Å². The van der Waals surface area contributed by atoms with E-state index >= 15 is 0 Å². The number of ether oxygens (including phenoxy) is 1. The van der Waals surface area contributed by atoms with E-state index in [0.717, 1.165) is 5.82 Å². The first-order valence-electron chi connectivity index (χ1n) is 4.59. The molecule has 13 heavy (non-hydrogen) atoms. The minimum Gasteiger partial charge on any atom is -0.379 e. The Bertz CT molecular complexity index is 266. The van der Waals surface area contributed by atoms with Gasteiger partial charge < -0.3 is 9.26 Å². The van der Waals surface area contributed by atoms with Crippen LogP contribution in [-0.4, -0.2) is 23.4 Å². The fraction of sp³-hybridized carbons (Fsp3) is 0.778. The molecule has 1 aliphatic heterocycles. The molecule has 4 nitrogen and oxygen atoms in total. The van der Waals surface area contributed by atoms with Crippen LogP contribution in [0.3, 0.4) is 0 Å². The molecule has 2 rings (SSSR count). The van der Waals surface area contributed by atoms with Crippen molar-refractivity contribution in [1.82, 2.24) is 10.1 Å². The average molecular weight is 184 g/mol. The Hall–Kier alpha value is -0.900. The molecule has 0 unspecified atom stereocenters. The predicted octanol–water partition coefficient (Wildman–Crippen LogP) is 1.69. The molecule has 2 heterocycles. The van der Waals surface area contributed by atoms with Crippen LogP contribution in [0.5, 0.6) is 0 Å². The highest BCUT2D eigenvalue weighted by molar-refractivity contribution is 5.08. The van der Waals surface area contributed by atoms with Gasteiger partial charge in [-0.1, -0.05) is 19.0 Å². The number of nitrogens with zero attached hydrogens (tertiary/aromatic N) is 2. The molecule has 0 aliphatic carbocycles. The van der Waals surface area contributed by atoms with E-state index in [1.54, 1.807) is 6.92 Å². The van der Waals surface area contributed by atoms with Crippen molar-refractivity contribution in [1.29, 1.82) is 0 Å². The van der Waals surface area contributed by atoms with Gasteiger partial charge in [-0.05, 0) is 6.92 Å². The van der Waals surface area contributed by atoms with Crippen molar-refractivity contribution in [3.63, 3.8) is 0 Å². The lowest BCUT2D eigenvalue weighted by atomic mass is 9.88. The van der Waals surface area contributed by atoms with Crippen LogP contribution in [0.2, 0.25) is 0 Å². The summed E-state index contributed by atoms with van der Waals surface area (Å²) in [6.45, 7) is 9.26. The summed E-state index contributed by atoms with van der Waals surface area (Å²) in [4.78, 5) is 4.15. The molecule has 0 amide bonds. The molecule has 4 heteroatoms. The lowest BCUT2D eigenvalue weighted by molar-refractivity contribution is -0.0551. The van der Waals surface area contributed by atoms with Gasteiger partial charge in [-0.3, -0.25) is 0 Å². The molecule has 1 aromatic rings. The van der Waals surface area contributed by atoms with Crippen LogP contribution in [0.25, 0.3) is 0 Å². The van der Waals surface area contributed by atoms with E-state index in [2.05, 4.69) is 17.1 Å². The highest BCUT2D eigenvalue weighted by Gasteiger charge is 2.39. The minimum absolute atomic E-state index is 0.00222. The zero-order valence-corrected chi connectivity index (χ0v) is 8.63. The summed E-state index contributed by atoms with van der Waals surface area (Å²) >= 11 is 0. The van der Waals surface area contributed by atoms with Gasteiger partial charge in [0.25, 0.3) is 0 Å². The van der Waals surface area contributed by atoms with Crippen LogP contribution >= 0.6 is 0 Å². The van der Waals surface area contributed by atoms with E-state index in [0.29, 0.717) is 19.1 Å². The number of rotatable bonds is 1. The van der Waals surface area contributed by atoms with Crippen molar-refractivity contribution in [2.45, 2.75) is 33.1 Å². The molecule has 0 spiro atoms. The molecule has 0 aromatic carbocycles. The number of hydrogen-bond donors (Lipinski definition) is 0. The number of hydrogen-bond acceptors (Lipinski definition) is 4. The second kappa shape index (κ2) is 3.87. The normalized spacial score (nSPS) is 18.5. The third-order valence-electron chi connectivity index (χ3n) is 1.91. The Morgan fingerprint density at radius 1 is 1.31 bits per heavy atom. The summed E-state index contributed by atoms with van der Waals surface area (Å²) in [5, 5.41) is 3.84. The van der Waals surface area contributed by atoms with Crippen molar-refractivity contribution in [2.75, 3.05) is 13.2 Å². The first kappa shape index (κ1) is 10.2. The molecule has 1 fully saturated rings. The predicted molar refractivity (Wildman–Crippen MR) is 48.6 cm³/mol. The summed E-state index contributed by atoms with van der Waals surface area (Å²) in [6, 6.07) is 0. The summed E-state index contributed by atoms with van der Waals surface area (Å²) < 4.78 is 9.95. The van der Waals surface area contributed by atoms with Crippen LogP contribution in [0.1, 0.15) is 32.5 Å². The van der Waals surface area contributed by atoms with Gasteiger partial charge in [-0.15, -0.1) is 0 Å². The van der Waals surface area contributed by atoms with Crippen molar-refractivity contribution in [3.8, 4) is 0 Å². The molecule has 0 saturated carbocycles. The fourth-order valence-electron chi connectivity index (χ4n) is 1.08. The van der Waals surface area contributed by atoms with Crippen molar-refractivity contribution in [2.24, 2.45) is 0 Å². The first-order chi connectivity index (χ1) is 6.21. The molecule has 1 saturated heterocycles. The molecule has 0 N–H and O–H groups in total. The summed E-state index contributed by atoms with van der Waals surface area (Å²) in [6.07, 6.45) is 0. The number of aromatic nitrogens is 2. The van der Waals surface area contributed by atoms with Gasteiger partial charge in [0.05, 0.1) is 18.6 Å². The molecule has 74 valence electrons. The maximum atomic E-state index is 5.08. The van der Waals surface area contributed by atoms with Gasteiger partial charge in [0, 0.05) is 6.92 Å².